The van der Waals surface area contributed by atoms with Crippen LogP contribution in [0, 0.1) is 6.92 Å². The molecule has 0 unspecified atom stereocenters. The topological polar surface area (TPSA) is 50.2 Å². The third-order valence-electron chi connectivity index (χ3n) is 7.66. The first-order valence-electron chi connectivity index (χ1n) is 12.2. The second-order valence-electron chi connectivity index (χ2n) is 11.4. The van der Waals surface area contributed by atoms with Gasteiger partial charge in [0.15, 0.2) is 5.78 Å². The summed E-state index contributed by atoms with van der Waals surface area (Å²) in [5, 5.41) is 10.3. The summed E-state index contributed by atoms with van der Waals surface area (Å²) in [6, 6.07) is 8.73. The van der Waals surface area contributed by atoms with Crippen molar-refractivity contribution in [3.8, 4) is 0 Å². The maximum atomic E-state index is 12.4. The summed E-state index contributed by atoms with van der Waals surface area (Å²) in [5.74, 6) is 0.199. The highest BCUT2D eigenvalue weighted by atomic mass is 16.3. The number of nitrogens with zero attached hydrogens (tertiary/aromatic N) is 1. The van der Waals surface area contributed by atoms with Gasteiger partial charge in [-0.15, -0.1) is 0 Å². The number of allylic oxidation sites excluding steroid dienone is 3. The number of hydrogen-bond donors (Lipinski definition) is 1. The summed E-state index contributed by atoms with van der Waals surface area (Å²) in [6.07, 6.45) is 5.88. The zero-order valence-corrected chi connectivity index (χ0v) is 21.2. The van der Waals surface area contributed by atoms with E-state index in [-0.39, 0.29) is 22.4 Å². The summed E-state index contributed by atoms with van der Waals surface area (Å²) >= 11 is 0. The second kappa shape index (κ2) is 8.27. The van der Waals surface area contributed by atoms with E-state index in [1.807, 2.05) is 12.1 Å². The molecule has 33 heavy (non-hydrogen) atoms. The highest BCUT2D eigenvalue weighted by Gasteiger charge is 2.37. The Labute approximate surface area is 198 Å². The number of benzene rings is 1. The molecule has 1 aromatic heterocycles. The predicted molar refractivity (Wildman–Crippen MR) is 136 cm³/mol. The van der Waals surface area contributed by atoms with Crippen molar-refractivity contribution in [2.75, 3.05) is 0 Å². The van der Waals surface area contributed by atoms with Gasteiger partial charge in [-0.2, -0.15) is 0 Å². The Morgan fingerprint density at radius 1 is 0.970 bits per heavy atom. The van der Waals surface area contributed by atoms with Crippen molar-refractivity contribution >= 4 is 16.9 Å². The van der Waals surface area contributed by atoms with Gasteiger partial charge >= 0.3 is 0 Å². The number of carbonyl (C=O) groups excluding carboxylic acids is 1. The van der Waals surface area contributed by atoms with Crippen molar-refractivity contribution in [1.82, 2.24) is 4.98 Å². The monoisotopic (exact) mass is 443 g/mol. The third kappa shape index (κ3) is 4.18. The molecule has 0 amide bonds. The van der Waals surface area contributed by atoms with E-state index < -0.39 is 0 Å². The van der Waals surface area contributed by atoms with Crippen LogP contribution in [0.1, 0.15) is 107 Å². The number of aliphatic hydroxyl groups excluding tert-OH is 1. The molecule has 2 aliphatic carbocycles. The Bertz CT molecular complexity index is 1170. The smallest absolute Gasteiger partial charge is 0.166 e. The van der Waals surface area contributed by atoms with Crippen LogP contribution < -0.4 is 0 Å². The fraction of sp³-hybridized carbons (Fsp3) is 0.467. The van der Waals surface area contributed by atoms with Gasteiger partial charge in [0.25, 0.3) is 0 Å². The van der Waals surface area contributed by atoms with Crippen molar-refractivity contribution in [2.24, 2.45) is 0 Å². The fourth-order valence-corrected chi connectivity index (χ4v) is 5.50. The lowest BCUT2D eigenvalue weighted by Gasteiger charge is -2.42. The molecule has 0 aliphatic heterocycles. The Kier molecular flexibility index (Phi) is 5.88. The Morgan fingerprint density at radius 2 is 1.61 bits per heavy atom. The van der Waals surface area contributed by atoms with E-state index in [2.05, 4.69) is 60.6 Å². The van der Waals surface area contributed by atoms with Gasteiger partial charge in [0.1, 0.15) is 5.76 Å². The van der Waals surface area contributed by atoms with Crippen LogP contribution in [0.2, 0.25) is 0 Å². The van der Waals surface area contributed by atoms with Gasteiger partial charge in [0.2, 0.25) is 0 Å². The van der Waals surface area contributed by atoms with E-state index in [0.717, 1.165) is 11.3 Å². The van der Waals surface area contributed by atoms with Gasteiger partial charge in [0.05, 0.1) is 11.3 Å². The highest BCUT2D eigenvalue weighted by molar-refractivity contribution is 6.21. The minimum absolute atomic E-state index is 0.00566. The zero-order valence-electron chi connectivity index (χ0n) is 21.2. The van der Waals surface area contributed by atoms with Crippen LogP contribution in [0.3, 0.4) is 0 Å². The van der Waals surface area contributed by atoms with E-state index in [0.29, 0.717) is 30.4 Å². The van der Waals surface area contributed by atoms with Gasteiger partial charge in [-0.1, -0.05) is 45.4 Å². The van der Waals surface area contributed by atoms with Gasteiger partial charge in [-0.05, 0) is 85.3 Å². The van der Waals surface area contributed by atoms with Crippen LogP contribution in [0.25, 0.3) is 11.1 Å². The van der Waals surface area contributed by atoms with Crippen molar-refractivity contribution in [3.63, 3.8) is 0 Å². The molecule has 3 nitrogen and oxygen atoms in total. The van der Waals surface area contributed by atoms with Gasteiger partial charge in [-0.3, -0.25) is 9.78 Å². The minimum atomic E-state index is 0.00566. The van der Waals surface area contributed by atoms with Gasteiger partial charge < -0.3 is 5.11 Å². The van der Waals surface area contributed by atoms with E-state index in [4.69, 9.17) is 4.98 Å². The predicted octanol–water partition coefficient (Wildman–Crippen LogP) is 7.60. The zero-order chi connectivity index (χ0) is 24.1. The van der Waals surface area contributed by atoms with Crippen LogP contribution in [0.5, 0.6) is 0 Å². The molecule has 0 saturated heterocycles. The molecule has 0 fully saturated rings. The second-order valence-corrected chi connectivity index (χ2v) is 11.4. The molecule has 0 saturated carbocycles. The molecule has 1 heterocycles. The molecule has 2 aliphatic rings. The largest absolute Gasteiger partial charge is 0.512 e. The first kappa shape index (κ1) is 23.5. The molecule has 0 spiro atoms. The van der Waals surface area contributed by atoms with Crippen LogP contribution >= 0.6 is 0 Å². The maximum absolute atomic E-state index is 12.4. The average molecular weight is 444 g/mol. The molecular weight excluding hydrogens is 406 g/mol. The molecule has 0 atom stereocenters. The summed E-state index contributed by atoms with van der Waals surface area (Å²) in [4.78, 5) is 17.2. The Balaban J connectivity index is 1.82. The SMILES string of the molecule is CC(C)=C(c1ccc(C2=C(O)CCCC2=O)cn1)c1cc2c(cc1C)C(C)(C)CCC2(C)C. The molecule has 174 valence electrons. The molecule has 0 bridgehead atoms. The first-order valence-corrected chi connectivity index (χ1v) is 12.2. The lowest BCUT2D eigenvalue weighted by Crippen LogP contribution is -2.34. The standard InChI is InChI=1S/C30H37NO2/c1-18(2)27(24-12-11-20(17-31-24)28-25(32)9-8-10-26(28)33)21-16-23-22(15-19(21)3)29(4,5)13-14-30(23,6)7/h11-12,15-17,32H,8-10,13-14H2,1-7H3. The lowest BCUT2D eigenvalue weighted by atomic mass is 9.62. The summed E-state index contributed by atoms with van der Waals surface area (Å²) in [6.45, 7) is 15.9. The molecule has 2 aromatic rings. The van der Waals surface area contributed by atoms with Crippen LogP contribution in [0.4, 0.5) is 0 Å². The summed E-state index contributed by atoms with van der Waals surface area (Å²) in [7, 11) is 0. The number of fused-ring (bicyclic) bond motifs is 1. The number of aryl methyl sites for hydroxylation is 1. The lowest BCUT2D eigenvalue weighted by molar-refractivity contribution is -0.114. The molecule has 3 heteroatoms. The quantitative estimate of drug-likeness (QED) is 0.531. The van der Waals surface area contributed by atoms with Crippen molar-refractivity contribution in [1.29, 1.82) is 0 Å². The molecule has 1 N–H and O–H groups in total. The number of ketones is 1. The van der Waals surface area contributed by atoms with E-state index in [1.54, 1.807) is 6.20 Å². The molecule has 4 rings (SSSR count). The Hall–Kier alpha value is -2.68. The van der Waals surface area contributed by atoms with Crippen molar-refractivity contribution in [2.45, 2.75) is 91.4 Å². The van der Waals surface area contributed by atoms with Gasteiger partial charge in [0, 0.05) is 30.2 Å². The number of carbonyl (C=O) groups is 1. The summed E-state index contributed by atoms with van der Waals surface area (Å²) < 4.78 is 0. The van der Waals surface area contributed by atoms with Crippen LogP contribution in [-0.2, 0) is 15.6 Å². The number of aromatic nitrogens is 1. The third-order valence-corrected chi connectivity index (χ3v) is 7.66. The number of aliphatic hydroxyl groups is 1. The molecule has 0 radical (unpaired) electrons. The number of pyridine rings is 1. The van der Waals surface area contributed by atoms with Gasteiger partial charge in [-0.25, -0.2) is 0 Å². The molecule has 1 aromatic carbocycles. The normalized spacial score (nSPS) is 19.3. The average Bonchev–Trinajstić information content (AvgIpc) is 2.73. The fourth-order valence-electron chi connectivity index (χ4n) is 5.50. The number of hydrogen-bond acceptors (Lipinski definition) is 3. The van der Waals surface area contributed by atoms with Crippen molar-refractivity contribution < 1.29 is 9.90 Å². The number of Topliss-reactive ketones (excluding diaryl/α,β-unsaturated/α-hetero) is 1. The summed E-state index contributed by atoms with van der Waals surface area (Å²) in [5.41, 5.74) is 10.1. The Morgan fingerprint density at radius 3 is 2.15 bits per heavy atom. The number of rotatable bonds is 3. The van der Waals surface area contributed by atoms with Crippen LogP contribution in [0.15, 0.2) is 41.8 Å². The maximum Gasteiger partial charge on any atom is 0.166 e. The van der Waals surface area contributed by atoms with Crippen LogP contribution in [-0.4, -0.2) is 15.9 Å². The van der Waals surface area contributed by atoms with Crippen molar-refractivity contribution in [3.05, 3.63) is 75.3 Å². The minimum Gasteiger partial charge on any atom is -0.512 e. The molecular formula is C30H37NO2. The highest BCUT2D eigenvalue weighted by Crippen LogP contribution is 2.47. The van der Waals surface area contributed by atoms with E-state index in [9.17, 15) is 9.90 Å². The van der Waals surface area contributed by atoms with E-state index in [1.165, 1.54) is 40.7 Å². The van der Waals surface area contributed by atoms with E-state index >= 15 is 0 Å². The first-order chi connectivity index (χ1) is 15.4.